The fourth-order valence-corrected chi connectivity index (χ4v) is 6.79. The predicted octanol–water partition coefficient (Wildman–Crippen LogP) is 4.07. The summed E-state index contributed by atoms with van der Waals surface area (Å²) in [5.74, 6) is 1.64. The summed E-state index contributed by atoms with van der Waals surface area (Å²) in [6, 6.07) is 11.2. The molecule has 39 heavy (non-hydrogen) atoms. The fourth-order valence-electron chi connectivity index (χ4n) is 5.90. The van der Waals surface area contributed by atoms with Crippen LogP contribution in [-0.2, 0) is 24.2 Å². The zero-order valence-electron chi connectivity index (χ0n) is 23.1. The summed E-state index contributed by atoms with van der Waals surface area (Å²) in [6.07, 6.45) is 3.21. The van der Waals surface area contributed by atoms with Crippen LogP contribution in [0.3, 0.4) is 0 Å². The van der Waals surface area contributed by atoms with E-state index in [1.807, 2.05) is 0 Å². The summed E-state index contributed by atoms with van der Waals surface area (Å²) in [5, 5.41) is 2.10. The summed E-state index contributed by atoms with van der Waals surface area (Å²) in [6.45, 7) is 14.8. The number of unbranched alkanes of at least 4 members (excludes halogenated alkanes) is 1. The molecule has 1 aromatic carbocycles. The molecule has 2 saturated heterocycles. The third kappa shape index (κ3) is 6.12. The van der Waals surface area contributed by atoms with Crippen molar-refractivity contribution in [1.82, 2.24) is 29.2 Å². The van der Waals surface area contributed by atoms with Gasteiger partial charge < -0.3 is 15.0 Å². The van der Waals surface area contributed by atoms with Gasteiger partial charge in [-0.3, -0.25) is 14.7 Å². The number of piperazine rings is 1. The third-order valence-corrected chi connectivity index (χ3v) is 9.09. The standard InChI is InChI=1S/C30H41N7OS/c1-2-3-7-26-33-27-28(29-25(8-19-39-29)32-30(27)31)37(26)22-24-6-4-5-23(20-24)21-36-13-11-34(12-14-36)9-10-35-15-17-38-18-16-35/h4-6,8,19-20H,2-3,7,9-18,21-22H2,1H3,(H2,31,32). The second-order valence-corrected chi connectivity index (χ2v) is 11.9. The molecule has 8 nitrogen and oxygen atoms in total. The van der Waals surface area contributed by atoms with Crippen LogP contribution in [0.2, 0.25) is 0 Å². The molecule has 2 aliphatic heterocycles. The minimum Gasteiger partial charge on any atom is -0.382 e. The topological polar surface area (TPSA) is 75.7 Å². The van der Waals surface area contributed by atoms with E-state index in [0.717, 1.165) is 114 Å². The average molecular weight is 548 g/mol. The summed E-state index contributed by atoms with van der Waals surface area (Å²) in [7, 11) is 0. The number of imidazole rings is 1. The van der Waals surface area contributed by atoms with Crippen molar-refractivity contribution >= 4 is 38.4 Å². The van der Waals surface area contributed by atoms with Gasteiger partial charge in [0.1, 0.15) is 11.3 Å². The number of nitrogens with zero attached hydrogens (tertiary/aromatic N) is 6. The summed E-state index contributed by atoms with van der Waals surface area (Å²) < 4.78 is 9.06. The molecule has 0 atom stereocenters. The summed E-state index contributed by atoms with van der Waals surface area (Å²) >= 11 is 1.73. The Kier molecular flexibility index (Phi) is 8.41. The number of anilines is 1. The van der Waals surface area contributed by atoms with E-state index in [9.17, 15) is 0 Å². The number of ether oxygens (including phenoxy) is 1. The fraction of sp³-hybridized carbons (Fsp3) is 0.533. The molecule has 5 heterocycles. The number of pyridine rings is 1. The predicted molar refractivity (Wildman–Crippen MR) is 160 cm³/mol. The molecule has 0 bridgehead atoms. The lowest BCUT2D eigenvalue weighted by Gasteiger charge is -2.36. The van der Waals surface area contributed by atoms with Gasteiger partial charge in [-0.2, -0.15) is 0 Å². The number of fused-ring (bicyclic) bond motifs is 3. The van der Waals surface area contributed by atoms with Gasteiger partial charge in [0.15, 0.2) is 5.82 Å². The number of nitrogen functional groups attached to an aromatic ring is 1. The molecule has 0 saturated carbocycles. The van der Waals surface area contributed by atoms with Crippen LogP contribution >= 0.6 is 11.3 Å². The molecule has 0 spiro atoms. The summed E-state index contributed by atoms with van der Waals surface area (Å²) in [5.41, 5.74) is 12.0. The minimum atomic E-state index is 0.533. The van der Waals surface area contributed by atoms with E-state index in [1.54, 1.807) is 11.3 Å². The second-order valence-electron chi connectivity index (χ2n) is 10.9. The molecule has 3 aromatic heterocycles. The van der Waals surface area contributed by atoms with Crippen LogP contribution in [0.4, 0.5) is 5.82 Å². The molecule has 0 unspecified atom stereocenters. The number of rotatable bonds is 10. The van der Waals surface area contributed by atoms with Crippen molar-refractivity contribution in [2.75, 3.05) is 71.3 Å². The molecule has 0 radical (unpaired) electrons. The van der Waals surface area contributed by atoms with Gasteiger partial charge >= 0.3 is 0 Å². The van der Waals surface area contributed by atoms with Gasteiger partial charge in [-0.15, -0.1) is 11.3 Å². The molecule has 9 heteroatoms. The van der Waals surface area contributed by atoms with Gasteiger partial charge in [-0.05, 0) is 29.0 Å². The Morgan fingerprint density at radius 3 is 2.38 bits per heavy atom. The lowest BCUT2D eigenvalue weighted by atomic mass is 10.1. The number of hydrogen-bond acceptors (Lipinski definition) is 8. The monoisotopic (exact) mass is 547 g/mol. The maximum Gasteiger partial charge on any atom is 0.152 e. The molecule has 0 aliphatic carbocycles. The number of hydrogen-bond donors (Lipinski definition) is 1. The van der Waals surface area contributed by atoms with E-state index in [-0.39, 0.29) is 0 Å². The Balaban J connectivity index is 1.13. The van der Waals surface area contributed by atoms with Gasteiger partial charge in [-0.25, -0.2) is 9.97 Å². The highest BCUT2D eigenvalue weighted by Crippen LogP contribution is 2.33. The lowest BCUT2D eigenvalue weighted by molar-refractivity contribution is 0.0297. The number of morpholine rings is 1. The van der Waals surface area contributed by atoms with E-state index in [4.69, 9.17) is 15.5 Å². The average Bonchev–Trinajstić information content (AvgIpc) is 3.57. The Morgan fingerprint density at radius 1 is 0.897 bits per heavy atom. The number of aromatic nitrogens is 3. The molecule has 2 fully saturated rings. The van der Waals surface area contributed by atoms with Crippen molar-refractivity contribution < 1.29 is 4.74 Å². The quantitative estimate of drug-likeness (QED) is 0.321. The van der Waals surface area contributed by atoms with Crippen LogP contribution in [0, 0.1) is 0 Å². The first-order valence-corrected chi connectivity index (χ1v) is 15.4. The summed E-state index contributed by atoms with van der Waals surface area (Å²) in [4.78, 5) is 17.4. The maximum absolute atomic E-state index is 6.38. The van der Waals surface area contributed by atoms with E-state index < -0.39 is 0 Å². The van der Waals surface area contributed by atoms with E-state index in [1.165, 1.54) is 22.4 Å². The first-order valence-electron chi connectivity index (χ1n) is 14.5. The van der Waals surface area contributed by atoms with Crippen LogP contribution in [-0.4, -0.2) is 94.8 Å². The molecule has 2 N–H and O–H groups in total. The van der Waals surface area contributed by atoms with Crippen LogP contribution in [0.15, 0.2) is 35.7 Å². The van der Waals surface area contributed by atoms with Crippen molar-refractivity contribution in [2.24, 2.45) is 0 Å². The van der Waals surface area contributed by atoms with Gasteiger partial charge in [0.05, 0.1) is 28.9 Å². The van der Waals surface area contributed by atoms with E-state index in [0.29, 0.717) is 5.82 Å². The Morgan fingerprint density at radius 2 is 1.62 bits per heavy atom. The molecule has 2 aliphatic rings. The molecular weight excluding hydrogens is 506 g/mol. The largest absolute Gasteiger partial charge is 0.382 e. The smallest absolute Gasteiger partial charge is 0.152 e. The Bertz CT molecular complexity index is 1380. The highest BCUT2D eigenvalue weighted by atomic mass is 32.1. The van der Waals surface area contributed by atoms with Crippen molar-refractivity contribution in [2.45, 2.75) is 39.3 Å². The van der Waals surface area contributed by atoms with Crippen molar-refractivity contribution in [1.29, 1.82) is 0 Å². The first-order chi connectivity index (χ1) is 19.2. The van der Waals surface area contributed by atoms with Crippen LogP contribution < -0.4 is 5.73 Å². The van der Waals surface area contributed by atoms with Gasteiger partial charge in [-0.1, -0.05) is 37.6 Å². The maximum atomic E-state index is 6.38. The highest BCUT2D eigenvalue weighted by Gasteiger charge is 2.20. The number of nitrogens with two attached hydrogens (primary N) is 1. The number of thiophene rings is 1. The molecule has 6 rings (SSSR count). The van der Waals surface area contributed by atoms with Gasteiger partial charge in [0.2, 0.25) is 0 Å². The second kappa shape index (κ2) is 12.3. The van der Waals surface area contributed by atoms with Crippen molar-refractivity contribution in [3.8, 4) is 0 Å². The Hall–Kier alpha value is -2.56. The van der Waals surface area contributed by atoms with Crippen LogP contribution in [0.5, 0.6) is 0 Å². The lowest BCUT2D eigenvalue weighted by Crippen LogP contribution is -2.49. The van der Waals surface area contributed by atoms with E-state index in [2.05, 4.69) is 66.9 Å². The van der Waals surface area contributed by atoms with Crippen LogP contribution in [0.1, 0.15) is 36.7 Å². The SMILES string of the molecule is CCCCc1nc2c(N)nc3ccsc3c2n1Cc1cccc(CN2CCN(CCN3CCOCC3)CC2)c1. The van der Waals surface area contributed by atoms with Crippen molar-refractivity contribution in [3.05, 3.63) is 52.7 Å². The zero-order valence-corrected chi connectivity index (χ0v) is 24.0. The minimum absolute atomic E-state index is 0.533. The molecule has 0 amide bonds. The zero-order chi connectivity index (χ0) is 26.6. The highest BCUT2D eigenvalue weighted by molar-refractivity contribution is 7.18. The van der Waals surface area contributed by atoms with Gasteiger partial charge in [0, 0.05) is 71.9 Å². The van der Waals surface area contributed by atoms with E-state index >= 15 is 0 Å². The first kappa shape index (κ1) is 26.7. The molecule has 208 valence electrons. The third-order valence-electron chi connectivity index (χ3n) is 8.18. The number of aryl methyl sites for hydroxylation is 1. The van der Waals surface area contributed by atoms with Crippen LogP contribution in [0.25, 0.3) is 21.3 Å². The van der Waals surface area contributed by atoms with Gasteiger partial charge in [0.25, 0.3) is 0 Å². The Labute approximate surface area is 235 Å². The molecule has 4 aromatic rings. The molecular formula is C30H41N7OS. The van der Waals surface area contributed by atoms with Crippen molar-refractivity contribution in [3.63, 3.8) is 0 Å². The normalized spacial score (nSPS) is 18.0. The number of benzene rings is 1.